The molecule has 0 aliphatic carbocycles. The van der Waals surface area contributed by atoms with Crippen LogP contribution in [0.1, 0.15) is 31.9 Å². The van der Waals surface area contributed by atoms with E-state index in [-0.39, 0.29) is 5.75 Å². The number of ether oxygens (including phenoxy) is 1. The van der Waals surface area contributed by atoms with Crippen LogP contribution in [-0.2, 0) is 0 Å². The Hall–Kier alpha value is -0.300. The highest BCUT2D eigenvalue weighted by Crippen LogP contribution is 2.46. The Morgan fingerprint density at radius 3 is 2.50 bits per heavy atom. The number of benzene rings is 1. The van der Waals surface area contributed by atoms with Gasteiger partial charge in [-0.05, 0) is 49.4 Å². The Kier molecular flexibility index (Phi) is 6.56. The number of piperazine rings is 1. The highest BCUT2D eigenvalue weighted by Gasteiger charge is 2.30. The van der Waals surface area contributed by atoms with Gasteiger partial charge in [-0.25, -0.2) is 0 Å². The number of hydrogen-bond donors (Lipinski definition) is 2. The van der Waals surface area contributed by atoms with Crippen molar-refractivity contribution in [1.82, 2.24) is 10.2 Å². The first-order chi connectivity index (χ1) is 10.5. The fourth-order valence-corrected chi connectivity index (χ4v) is 3.99. The molecule has 1 unspecified atom stereocenters. The number of methoxy groups -OCH3 is 1. The van der Waals surface area contributed by atoms with Crippen LogP contribution in [0.15, 0.2) is 15.0 Å². The van der Waals surface area contributed by atoms with E-state index in [4.69, 9.17) is 4.74 Å². The van der Waals surface area contributed by atoms with Crippen molar-refractivity contribution in [3.63, 3.8) is 0 Å². The van der Waals surface area contributed by atoms with Crippen LogP contribution in [0.3, 0.4) is 0 Å². The fraction of sp³-hybridized carbons (Fsp3) is 0.625. The number of phenolic OH excluding ortho intramolecular Hbond substituents is 1. The van der Waals surface area contributed by atoms with Gasteiger partial charge in [0.25, 0.3) is 0 Å². The molecule has 1 aromatic rings. The molecule has 0 amide bonds. The van der Waals surface area contributed by atoms with Crippen molar-refractivity contribution in [2.45, 2.75) is 26.3 Å². The van der Waals surface area contributed by atoms with E-state index in [2.05, 4.69) is 55.9 Å². The molecule has 0 radical (unpaired) electrons. The summed E-state index contributed by atoms with van der Waals surface area (Å²) in [6.07, 6.45) is 1.10. The van der Waals surface area contributed by atoms with E-state index in [0.717, 1.165) is 42.6 Å². The molecular weight excluding hydrogens is 412 g/mol. The first-order valence-corrected chi connectivity index (χ1v) is 9.29. The van der Waals surface area contributed by atoms with Gasteiger partial charge in [-0.2, -0.15) is 0 Å². The topological polar surface area (TPSA) is 44.7 Å². The summed E-state index contributed by atoms with van der Waals surface area (Å²) in [6, 6.07) is 2.26. The Balaban J connectivity index is 2.48. The van der Waals surface area contributed by atoms with Gasteiger partial charge in [0.05, 0.1) is 11.6 Å². The van der Waals surface area contributed by atoms with Crippen molar-refractivity contribution in [3.05, 3.63) is 20.6 Å². The standard InChI is InChI=1S/C16H24Br2N2O2/c1-4-10(2)15(20-7-5-19-6-8-20)11-9-12(22-3)16(21)14(18)13(11)17/h9-10,15,19,21H,4-8H2,1-3H3/t10?,15-/m1/s1. The van der Waals surface area contributed by atoms with Crippen LogP contribution in [0.4, 0.5) is 0 Å². The van der Waals surface area contributed by atoms with Crippen LogP contribution in [0.25, 0.3) is 0 Å². The summed E-state index contributed by atoms with van der Waals surface area (Å²) in [5, 5.41) is 13.6. The van der Waals surface area contributed by atoms with Crippen LogP contribution in [-0.4, -0.2) is 43.3 Å². The maximum Gasteiger partial charge on any atom is 0.173 e. The average molecular weight is 436 g/mol. The maximum absolute atomic E-state index is 10.2. The number of nitrogens with zero attached hydrogens (tertiary/aromatic N) is 1. The third-order valence-corrected chi connectivity index (χ3v) is 6.60. The monoisotopic (exact) mass is 434 g/mol. The van der Waals surface area contributed by atoms with E-state index in [1.165, 1.54) is 0 Å². The van der Waals surface area contributed by atoms with Gasteiger partial charge in [0.2, 0.25) is 0 Å². The molecule has 0 aromatic heterocycles. The van der Waals surface area contributed by atoms with Crippen LogP contribution in [0, 0.1) is 5.92 Å². The van der Waals surface area contributed by atoms with Crippen LogP contribution in [0.2, 0.25) is 0 Å². The summed E-state index contributed by atoms with van der Waals surface area (Å²) in [7, 11) is 1.59. The molecule has 1 fully saturated rings. The van der Waals surface area contributed by atoms with Gasteiger partial charge in [0.1, 0.15) is 0 Å². The number of nitrogens with one attached hydrogen (secondary N) is 1. The number of aromatic hydroxyl groups is 1. The molecule has 2 atom stereocenters. The Labute approximate surface area is 149 Å². The lowest BCUT2D eigenvalue weighted by molar-refractivity contribution is 0.127. The van der Waals surface area contributed by atoms with E-state index in [9.17, 15) is 5.11 Å². The minimum absolute atomic E-state index is 0.140. The zero-order chi connectivity index (χ0) is 16.3. The number of phenols is 1. The second kappa shape index (κ2) is 7.99. The van der Waals surface area contributed by atoms with E-state index >= 15 is 0 Å². The van der Waals surface area contributed by atoms with Gasteiger partial charge in [0, 0.05) is 36.7 Å². The average Bonchev–Trinajstić information content (AvgIpc) is 2.55. The fourth-order valence-electron chi connectivity index (χ4n) is 3.03. The van der Waals surface area contributed by atoms with Crippen molar-refractivity contribution in [2.75, 3.05) is 33.3 Å². The van der Waals surface area contributed by atoms with Crippen LogP contribution < -0.4 is 10.1 Å². The summed E-state index contributed by atoms with van der Waals surface area (Å²) in [5.74, 6) is 1.16. The number of rotatable bonds is 5. The Bertz CT molecular complexity index is 519. The smallest absolute Gasteiger partial charge is 0.173 e. The molecular formula is C16H24Br2N2O2. The van der Waals surface area contributed by atoms with Crippen LogP contribution in [0.5, 0.6) is 11.5 Å². The second-order valence-electron chi connectivity index (χ2n) is 5.76. The van der Waals surface area contributed by atoms with Gasteiger partial charge in [-0.1, -0.05) is 20.3 Å². The largest absolute Gasteiger partial charge is 0.503 e. The summed E-state index contributed by atoms with van der Waals surface area (Å²) < 4.78 is 6.91. The Morgan fingerprint density at radius 2 is 1.95 bits per heavy atom. The van der Waals surface area contributed by atoms with Crippen molar-refractivity contribution in [3.8, 4) is 11.5 Å². The van der Waals surface area contributed by atoms with Crippen LogP contribution >= 0.6 is 31.9 Å². The third-order valence-electron chi connectivity index (χ3n) is 4.44. The molecule has 1 aliphatic rings. The molecule has 124 valence electrons. The molecule has 22 heavy (non-hydrogen) atoms. The van der Waals surface area contributed by atoms with Crippen molar-refractivity contribution in [1.29, 1.82) is 0 Å². The highest BCUT2D eigenvalue weighted by molar-refractivity contribution is 9.13. The van der Waals surface area contributed by atoms with Crippen molar-refractivity contribution in [2.24, 2.45) is 5.92 Å². The van der Waals surface area contributed by atoms with Gasteiger partial charge >= 0.3 is 0 Å². The number of halogens is 2. The first-order valence-electron chi connectivity index (χ1n) is 7.70. The Morgan fingerprint density at radius 1 is 1.32 bits per heavy atom. The van der Waals surface area contributed by atoms with E-state index in [1.54, 1.807) is 7.11 Å². The minimum atomic E-state index is 0.140. The third kappa shape index (κ3) is 3.61. The predicted octanol–water partition coefficient (Wildman–Crippen LogP) is 3.92. The summed E-state index contributed by atoms with van der Waals surface area (Å²) in [4.78, 5) is 2.52. The molecule has 1 aliphatic heterocycles. The van der Waals surface area contributed by atoms with E-state index in [0.29, 0.717) is 22.2 Å². The molecule has 0 saturated carbocycles. The van der Waals surface area contributed by atoms with Gasteiger partial charge in [-0.15, -0.1) is 0 Å². The lowest BCUT2D eigenvalue weighted by Gasteiger charge is -2.39. The predicted molar refractivity (Wildman–Crippen MR) is 96.7 cm³/mol. The minimum Gasteiger partial charge on any atom is -0.503 e. The second-order valence-corrected chi connectivity index (χ2v) is 7.35. The normalized spacial score (nSPS) is 19.0. The summed E-state index contributed by atoms with van der Waals surface area (Å²) in [5.41, 5.74) is 1.16. The summed E-state index contributed by atoms with van der Waals surface area (Å²) >= 11 is 7.13. The molecule has 0 bridgehead atoms. The molecule has 0 spiro atoms. The lowest BCUT2D eigenvalue weighted by atomic mass is 9.90. The molecule has 6 heteroatoms. The number of hydrogen-bond acceptors (Lipinski definition) is 4. The zero-order valence-corrected chi connectivity index (χ0v) is 16.5. The molecule has 2 N–H and O–H groups in total. The molecule has 1 heterocycles. The van der Waals surface area contributed by atoms with Gasteiger partial charge in [0.15, 0.2) is 11.5 Å². The SMILES string of the molecule is CCC(C)[C@H](c1cc(OC)c(O)c(Br)c1Br)N1CCNCC1. The lowest BCUT2D eigenvalue weighted by Crippen LogP contribution is -2.46. The summed E-state index contributed by atoms with van der Waals surface area (Å²) in [6.45, 7) is 8.60. The quantitative estimate of drug-likeness (QED) is 0.735. The van der Waals surface area contributed by atoms with Crippen molar-refractivity contribution >= 4 is 31.9 Å². The zero-order valence-electron chi connectivity index (χ0n) is 13.3. The van der Waals surface area contributed by atoms with E-state index in [1.807, 2.05) is 6.07 Å². The molecule has 2 rings (SSSR count). The maximum atomic E-state index is 10.2. The molecule has 1 saturated heterocycles. The van der Waals surface area contributed by atoms with Crippen molar-refractivity contribution < 1.29 is 9.84 Å². The van der Waals surface area contributed by atoms with Gasteiger partial charge < -0.3 is 15.2 Å². The molecule has 1 aromatic carbocycles. The molecule has 4 nitrogen and oxygen atoms in total. The first kappa shape index (κ1) is 18.0. The van der Waals surface area contributed by atoms with Gasteiger partial charge in [-0.3, -0.25) is 4.90 Å². The highest BCUT2D eigenvalue weighted by atomic mass is 79.9. The van der Waals surface area contributed by atoms with E-state index < -0.39 is 0 Å².